The first-order valence-electron chi connectivity index (χ1n) is 8.93. The van der Waals surface area contributed by atoms with E-state index in [9.17, 15) is 9.59 Å². The van der Waals surface area contributed by atoms with Gasteiger partial charge in [-0.05, 0) is 44.0 Å². The van der Waals surface area contributed by atoms with Crippen molar-refractivity contribution in [3.8, 4) is 11.5 Å². The van der Waals surface area contributed by atoms with Crippen LogP contribution in [0.1, 0.15) is 33.6 Å². The Kier molecular flexibility index (Phi) is 7.10. The summed E-state index contributed by atoms with van der Waals surface area (Å²) in [6.07, 6.45) is 1.57. The maximum atomic E-state index is 12.3. The van der Waals surface area contributed by atoms with Gasteiger partial charge in [-0.1, -0.05) is 13.8 Å². The van der Waals surface area contributed by atoms with E-state index in [0.717, 1.165) is 18.6 Å². The number of piperidine rings is 1. The molecule has 0 saturated carbocycles. The number of rotatable bonds is 7. The predicted octanol–water partition coefficient (Wildman–Crippen LogP) is 2.23. The van der Waals surface area contributed by atoms with Gasteiger partial charge in [0.2, 0.25) is 5.91 Å². The molecule has 1 heterocycles. The monoisotopic (exact) mass is 348 g/mol. The number of likely N-dealkylation sites (tertiary alicyclic amines) is 1. The molecule has 1 aromatic carbocycles. The van der Waals surface area contributed by atoms with E-state index in [-0.39, 0.29) is 30.4 Å². The molecule has 0 bridgehead atoms. The molecule has 0 unspecified atom stereocenters. The van der Waals surface area contributed by atoms with Crippen molar-refractivity contribution in [2.24, 2.45) is 5.92 Å². The molecule has 0 aromatic heterocycles. The summed E-state index contributed by atoms with van der Waals surface area (Å²) in [5, 5.41) is 3.03. The minimum Gasteiger partial charge on any atom is -0.494 e. The molecule has 1 aliphatic heterocycles. The van der Waals surface area contributed by atoms with Crippen LogP contribution in [-0.4, -0.2) is 49.1 Å². The lowest BCUT2D eigenvalue weighted by Gasteiger charge is -2.32. The van der Waals surface area contributed by atoms with Gasteiger partial charge >= 0.3 is 0 Å². The molecule has 1 saturated heterocycles. The zero-order valence-electron chi connectivity index (χ0n) is 15.3. The van der Waals surface area contributed by atoms with Crippen LogP contribution in [0, 0.1) is 5.92 Å². The van der Waals surface area contributed by atoms with Crippen molar-refractivity contribution in [2.75, 3.05) is 26.3 Å². The number of nitrogens with one attached hydrogen (secondary N) is 1. The number of carbonyl (C=O) groups is 2. The Hall–Kier alpha value is -2.24. The summed E-state index contributed by atoms with van der Waals surface area (Å²) in [5.41, 5.74) is 0. The molecule has 2 rings (SSSR count). The maximum Gasteiger partial charge on any atom is 0.260 e. The number of hydrogen-bond acceptors (Lipinski definition) is 4. The van der Waals surface area contributed by atoms with Gasteiger partial charge in [-0.2, -0.15) is 0 Å². The molecular formula is C19H28N2O4. The van der Waals surface area contributed by atoms with Crippen molar-refractivity contribution in [3.05, 3.63) is 24.3 Å². The van der Waals surface area contributed by atoms with Crippen LogP contribution in [0.3, 0.4) is 0 Å². The van der Waals surface area contributed by atoms with Crippen LogP contribution in [0.2, 0.25) is 0 Å². The Labute approximate surface area is 149 Å². The largest absolute Gasteiger partial charge is 0.494 e. The number of nitrogens with zero attached hydrogens (tertiary/aromatic N) is 1. The lowest BCUT2D eigenvalue weighted by molar-refractivity contribution is -0.134. The third-order valence-electron chi connectivity index (χ3n) is 4.22. The van der Waals surface area contributed by atoms with Crippen molar-refractivity contribution in [1.29, 1.82) is 0 Å². The highest BCUT2D eigenvalue weighted by Gasteiger charge is 2.24. The molecule has 0 aliphatic carbocycles. The Morgan fingerprint density at radius 3 is 2.20 bits per heavy atom. The van der Waals surface area contributed by atoms with Gasteiger partial charge in [0, 0.05) is 25.0 Å². The fraction of sp³-hybridized carbons (Fsp3) is 0.579. The molecule has 0 spiro atoms. The molecule has 1 N–H and O–H groups in total. The second-order valence-electron chi connectivity index (χ2n) is 6.51. The summed E-state index contributed by atoms with van der Waals surface area (Å²) in [7, 11) is 0. The minimum absolute atomic E-state index is 0.0119. The Balaban J connectivity index is 1.72. The van der Waals surface area contributed by atoms with Crippen LogP contribution in [-0.2, 0) is 9.59 Å². The molecular weight excluding hydrogens is 320 g/mol. The molecule has 6 heteroatoms. The van der Waals surface area contributed by atoms with Gasteiger partial charge in [0.1, 0.15) is 11.5 Å². The fourth-order valence-corrected chi connectivity index (χ4v) is 2.68. The van der Waals surface area contributed by atoms with Crippen molar-refractivity contribution in [2.45, 2.75) is 39.7 Å². The number of hydrogen-bond donors (Lipinski definition) is 1. The van der Waals surface area contributed by atoms with Gasteiger partial charge in [0.05, 0.1) is 6.61 Å². The molecule has 0 atom stereocenters. The van der Waals surface area contributed by atoms with Gasteiger partial charge in [0.15, 0.2) is 6.61 Å². The molecule has 1 aliphatic rings. The lowest BCUT2D eigenvalue weighted by Crippen LogP contribution is -2.48. The Bertz CT molecular complexity index is 563. The number of benzene rings is 1. The standard InChI is InChI=1S/C19H28N2O4/c1-4-24-16-5-7-17(8-6-16)25-13-18(22)21-11-9-15(10-12-21)20-19(23)14(2)3/h5-8,14-15H,4,9-13H2,1-3H3,(H,20,23). The van der Waals surface area contributed by atoms with Crippen LogP contribution >= 0.6 is 0 Å². The first kappa shape index (κ1) is 19.1. The summed E-state index contributed by atoms with van der Waals surface area (Å²) >= 11 is 0. The Morgan fingerprint density at radius 1 is 1.12 bits per heavy atom. The molecule has 6 nitrogen and oxygen atoms in total. The van der Waals surface area contributed by atoms with Crippen LogP contribution < -0.4 is 14.8 Å². The highest BCUT2D eigenvalue weighted by molar-refractivity contribution is 5.79. The van der Waals surface area contributed by atoms with Gasteiger partial charge in [0.25, 0.3) is 5.91 Å². The summed E-state index contributed by atoms with van der Waals surface area (Å²) in [6.45, 7) is 7.63. The number of ether oxygens (including phenoxy) is 2. The molecule has 1 fully saturated rings. The third-order valence-corrected chi connectivity index (χ3v) is 4.22. The van der Waals surface area contributed by atoms with Crippen molar-refractivity contribution < 1.29 is 19.1 Å². The van der Waals surface area contributed by atoms with E-state index in [2.05, 4.69) is 5.32 Å². The van der Waals surface area contributed by atoms with Crippen LogP contribution in [0.25, 0.3) is 0 Å². The van der Waals surface area contributed by atoms with E-state index >= 15 is 0 Å². The topological polar surface area (TPSA) is 67.9 Å². The normalized spacial score (nSPS) is 15.1. The van der Waals surface area contributed by atoms with E-state index < -0.39 is 0 Å². The second-order valence-corrected chi connectivity index (χ2v) is 6.51. The van der Waals surface area contributed by atoms with Crippen molar-refractivity contribution >= 4 is 11.8 Å². The minimum atomic E-state index is -0.0254. The molecule has 1 aromatic rings. The van der Waals surface area contributed by atoms with E-state index in [1.54, 1.807) is 17.0 Å². The van der Waals surface area contributed by atoms with Gasteiger partial charge < -0.3 is 19.7 Å². The van der Waals surface area contributed by atoms with Crippen LogP contribution in [0.4, 0.5) is 0 Å². The molecule has 2 amide bonds. The second kappa shape index (κ2) is 9.30. The highest BCUT2D eigenvalue weighted by atomic mass is 16.5. The average molecular weight is 348 g/mol. The third kappa shape index (κ3) is 5.96. The predicted molar refractivity (Wildman–Crippen MR) is 95.7 cm³/mol. The molecule has 0 radical (unpaired) electrons. The van der Waals surface area contributed by atoms with E-state index in [1.807, 2.05) is 32.9 Å². The molecule has 25 heavy (non-hydrogen) atoms. The van der Waals surface area contributed by atoms with E-state index in [1.165, 1.54) is 0 Å². The SMILES string of the molecule is CCOc1ccc(OCC(=O)N2CCC(NC(=O)C(C)C)CC2)cc1. The highest BCUT2D eigenvalue weighted by Crippen LogP contribution is 2.18. The summed E-state index contributed by atoms with van der Waals surface area (Å²) < 4.78 is 10.9. The van der Waals surface area contributed by atoms with Gasteiger partial charge in [-0.15, -0.1) is 0 Å². The summed E-state index contributed by atoms with van der Waals surface area (Å²) in [4.78, 5) is 25.8. The fourth-order valence-electron chi connectivity index (χ4n) is 2.68. The zero-order chi connectivity index (χ0) is 18.2. The summed E-state index contributed by atoms with van der Waals surface area (Å²) in [5.74, 6) is 1.47. The smallest absolute Gasteiger partial charge is 0.260 e. The quantitative estimate of drug-likeness (QED) is 0.820. The lowest BCUT2D eigenvalue weighted by atomic mass is 10.0. The first-order chi connectivity index (χ1) is 12.0. The van der Waals surface area contributed by atoms with Gasteiger partial charge in [-0.25, -0.2) is 0 Å². The Morgan fingerprint density at radius 2 is 1.68 bits per heavy atom. The van der Waals surface area contributed by atoms with E-state index in [0.29, 0.717) is 25.4 Å². The maximum absolute atomic E-state index is 12.3. The summed E-state index contributed by atoms with van der Waals surface area (Å²) in [6, 6.07) is 7.40. The first-order valence-corrected chi connectivity index (χ1v) is 8.93. The number of carbonyl (C=O) groups excluding carboxylic acids is 2. The van der Waals surface area contributed by atoms with Crippen molar-refractivity contribution in [3.63, 3.8) is 0 Å². The molecule has 138 valence electrons. The zero-order valence-corrected chi connectivity index (χ0v) is 15.3. The average Bonchev–Trinajstić information content (AvgIpc) is 2.61. The van der Waals surface area contributed by atoms with Crippen LogP contribution in [0.15, 0.2) is 24.3 Å². The van der Waals surface area contributed by atoms with E-state index in [4.69, 9.17) is 9.47 Å². The van der Waals surface area contributed by atoms with Gasteiger partial charge in [-0.3, -0.25) is 9.59 Å². The number of amides is 2. The van der Waals surface area contributed by atoms with Crippen LogP contribution in [0.5, 0.6) is 11.5 Å². The van der Waals surface area contributed by atoms with Crippen molar-refractivity contribution in [1.82, 2.24) is 10.2 Å².